The number of aliphatic carboxylic acids is 1. The molecule has 0 aromatic rings. The van der Waals surface area contributed by atoms with Crippen LogP contribution in [0.1, 0.15) is 6.92 Å². The zero-order valence-electron chi connectivity index (χ0n) is 8.81. The predicted octanol–water partition coefficient (Wildman–Crippen LogP) is 0.226. The van der Waals surface area contributed by atoms with Crippen LogP contribution in [0.4, 0.5) is 0 Å². The molecule has 1 heterocycles. The van der Waals surface area contributed by atoms with Gasteiger partial charge >= 0.3 is 5.97 Å². The van der Waals surface area contributed by atoms with Gasteiger partial charge in [-0.3, -0.25) is 4.79 Å². The number of carboxylic acids is 1. The zero-order chi connectivity index (χ0) is 11.1. The molecule has 1 aliphatic rings. The van der Waals surface area contributed by atoms with E-state index in [4.69, 9.17) is 14.6 Å². The third-order valence-electron chi connectivity index (χ3n) is 2.11. The van der Waals surface area contributed by atoms with Gasteiger partial charge in [0, 0.05) is 13.1 Å². The molecule has 1 saturated heterocycles. The highest BCUT2D eigenvalue weighted by Gasteiger charge is 2.17. The summed E-state index contributed by atoms with van der Waals surface area (Å²) < 4.78 is 10.4. The van der Waals surface area contributed by atoms with E-state index in [0.29, 0.717) is 26.3 Å². The molecule has 0 aromatic carbocycles. The number of carboxylic acid groups (broad SMARTS) is 1. The molecule has 86 valence electrons. The Labute approximate surface area is 89.1 Å². The molecule has 1 fully saturated rings. The smallest absolute Gasteiger partial charge is 0.311 e. The maximum absolute atomic E-state index is 10.8. The monoisotopic (exact) mass is 215 g/mol. The third kappa shape index (κ3) is 4.42. The Morgan fingerprint density at radius 3 is 2.80 bits per heavy atom. The summed E-state index contributed by atoms with van der Waals surface area (Å²) in [6.45, 7) is 3.95. The first-order valence-corrected chi connectivity index (χ1v) is 5.03. The maximum Gasteiger partial charge on any atom is 0.311 e. The SMILES string of the molecule is C/C=C/C(CNCC1OCCO1)C(=O)O. The molecule has 0 radical (unpaired) electrons. The molecule has 5 heteroatoms. The predicted molar refractivity (Wildman–Crippen MR) is 54.5 cm³/mol. The Morgan fingerprint density at radius 1 is 1.60 bits per heavy atom. The molecule has 1 aliphatic heterocycles. The number of hydrogen-bond acceptors (Lipinski definition) is 4. The van der Waals surface area contributed by atoms with E-state index in [1.165, 1.54) is 0 Å². The van der Waals surface area contributed by atoms with Gasteiger partial charge < -0.3 is 19.9 Å². The lowest BCUT2D eigenvalue weighted by Gasteiger charge is -2.12. The van der Waals surface area contributed by atoms with Crippen molar-refractivity contribution in [2.24, 2.45) is 5.92 Å². The van der Waals surface area contributed by atoms with Crippen molar-refractivity contribution in [1.82, 2.24) is 5.32 Å². The molecule has 0 aromatic heterocycles. The molecule has 1 atom stereocenters. The summed E-state index contributed by atoms with van der Waals surface area (Å²) in [7, 11) is 0. The average Bonchev–Trinajstić information content (AvgIpc) is 2.69. The van der Waals surface area contributed by atoms with Crippen LogP contribution in [-0.4, -0.2) is 43.7 Å². The van der Waals surface area contributed by atoms with E-state index in [1.54, 1.807) is 19.1 Å². The Balaban J connectivity index is 2.18. The first-order chi connectivity index (χ1) is 7.24. The lowest BCUT2D eigenvalue weighted by Crippen LogP contribution is -2.33. The fourth-order valence-corrected chi connectivity index (χ4v) is 1.35. The minimum absolute atomic E-state index is 0.231. The minimum atomic E-state index is -0.825. The normalized spacial score (nSPS) is 19.8. The molecular weight excluding hydrogens is 198 g/mol. The molecule has 0 aliphatic carbocycles. The van der Waals surface area contributed by atoms with Crippen LogP contribution in [0.2, 0.25) is 0 Å². The van der Waals surface area contributed by atoms with Crippen molar-refractivity contribution in [3.63, 3.8) is 0 Å². The van der Waals surface area contributed by atoms with E-state index in [1.807, 2.05) is 0 Å². The van der Waals surface area contributed by atoms with Gasteiger partial charge in [-0.25, -0.2) is 0 Å². The van der Waals surface area contributed by atoms with Gasteiger partial charge in [-0.05, 0) is 6.92 Å². The van der Waals surface area contributed by atoms with Crippen LogP contribution in [0.25, 0.3) is 0 Å². The second kappa shape index (κ2) is 6.55. The fourth-order valence-electron chi connectivity index (χ4n) is 1.35. The van der Waals surface area contributed by atoms with Gasteiger partial charge in [-0.1, -0.05) is 12.2 Å². The second-order valence-corrected chi connectivity index (χ2v) is 3.30. The van der Waals surface area contributed by atoms with Crippen LogP contribution < -0.4 is 5.32 Å². The average molecular weight is 215 g/mol. The van der Waals surface area contributed by atoms with Crippen LogP contribution in [-0.2, 0) is 14.3 Å². The van der Waals surface area contributed by atoms with Crippen LogP contribution in [0, 0.1) is 5.92 Å². The number of nitrogens with one attached hydrogen (secondary N) is 1. The van der Waals surface area contributed by atoms with Crippen molar-refractivity contribution in [2.45, 2.75) is 13.2 Å². The molecule has 1 unspecified atom stereocenters. The zero-order valence-corrected chi connectivity index (χ0v) is 8.81. The van der Waals surface area contributed by atoms with Crippen molar-refractivity contribution >= 4 is 5.97 Å². The fraction of sp³-hybridized carbons (Fsp3) is 0.700. The van der Waals surface area contributed by atoms with E-state index >= 15 is 0 Å². The highest BCUT2D eigenvalue weighted by atomic mass is 16.7. The molecule has 15 heavy (non-hydrogen) atoms. The molecular formula is C10H17NO4. The van der Waals surface area contributed by atoms with Crippen LogP contribution >= 0.6 is 0 Å². The lowest BCUT2D eigenvalue weighted by atomic mass is 10.1. The molecule has 0 amide bonds. The Kier molecular flexibility index (Phi) is 5.31. The summed E-state index contributed by atoms with van der Waals surface area (Å²) in [6, 6.07) is 0. The highest BCUT2D eigenvalue weighted by molar-refractivity contribution is 5.72. The molecule has 2 N–H and O–H groups in total. The van der Waals surface area contributed by atoms with Crippen LogP contribution in [0.15, 0.2) is 12.2 Å². The van der Waals surface area contributed by atoms with Gasteiger partial charge in [0.05, 0.1) is 19.1 Å². The minimum Gasteiger partial charge on any atom is -0.481 e. The second-order valence-electron chi connectivity index (χ2n) is 3.30. The van der Waals surface area contributed by atoms with Crippen molar-refractivity contribution in [2.75, 3.05) is 26.3 Å². The van der Waals surface area contributed by atoms with Gasteiger partial charge in [-0.15, -0.1) is 0 Å². The van der Waals surface area contributed by atoms with E-state index in [9.17, 15) is 4.79 Å². The number of allylic oxidation sites excluding steroid dienone is 1. The molecule has 0 spiro atoms. The third-order valence-corrected chi connectivity index (χ3v) is 2.11. The Morgan fingerprint density at radius 2 is 2.27 bits per heavy atom. The van der Waals surface area contributed by atoms with Crippen molar-refractivity contribution in [1.29, 1.82) is 0 Å². The van der Waals surface area contributed by atoms with E-state index in [2.05, 4.69) is 5.32 Å². The van der Waals surface area contributed by atoms with E-state index in [-0.39, 0.29) is 6.29 Å². The summed E-state index contributed by atoms with van der Waals surface area (Å²) >= 11 is 0. The number of ether oxygens (including phenoxy) is 2. The lowest BCUT2D eigenvalue weighted by molar-refractivity contribution is -0.140. The number of carbonyl (C=O) groups is 1. The van der Waals surface area contributed by atoms with E-state index in [0.717, 1.165) is 0 Å². The van der Waals surface area contributed by atoms with E-state index < -0.39 is 11.9 Å². The Hall–Kier alpha value is -0.910. The Bertz CT molecular complexity index is 223. The van der Waals surface area contributed by atoms with Gasteiger partial charge in [0.15, 0.2) is 6.29 Å². The largest absolute Gasteiger partial charge is 0.481 e. The summed E-state index contributed by atoms with van der Waals surface area (Å²) in [5.74, 6) is -1.31. The summed E-state index contributed by atoms with van der Waals surface area (Å²) in [4.78, 5) is 10.8. The topological polar surface area (TPSA) is 67.8 Å². The standard InChI is InChI=1S/C10H17NO4/c1-2-3-8(10(12)13)6-11-7-9-14-4-5-15-9/h2-3,8-9,11H,4-7H2,1H3,(H,12,13)/b3-2+. The highest BCUT2D eigenvalue weighted by Crippen LogP contribution is 2.02. The van der Waals surface area contributed by atoms with Crippen molar-refractivity contribution in [3.05, 3.63) is 12.2 Å². The molecule has 0 saturated carbocycles. The number of hydrogen-bond donors (Lipinski definition) is 2. The molecule has 0 bridgehead atoms. The summed E-state index contributed by atoms with van der Waals surface area (Å²) in [6.07, 6.45) is 3.17. The summed E-state index contributed by atoms with van der Waals surface area (Å²) in [5.41, 5.74) is 0. The number of rotatable bonds is 6. The quantitative estimate of drug-likeness (QED) is 0.621. The maximum atomic E-state index is 10.8. The van der Waals surface area contributed by atoms with Gasteiger partial charge in [0.2, 0.25) is 0 Å². The first kappa shape index (κ1) is 12.2. The van der Waals surface area contributed by atoms with Crippen LogP contribution in [0.5, 0.6) is 0 Å². The van der Waals surface area contributed by atoms with Gasteiger partial charge in [0.1, 0.15) is 0 Å². The molecule has 5 nitrogen and oxygen atoms in total. The van der Waals surface area contributed by atoms with Crippen LogP contribution in [0.3, 0.4) is 0 Å². The van der Waals surface area contributed by atoms with Gasteiger partial charge in [-0.2, -0.15) is 0 Å². The van der Waals surface area contributed by atoms with Crippen molar-refractivity contribution < 1.29 is 19.4 Å². The first-order valence-electron chi connectivity index (χ1n) is 5.03. The summed E-state index contributed by atoms with van der Waals surface area (Å²) in [5, 5.41) is 11.9. The van der Waals surface area contributed by atoms with Crippen molar-refractivity contribution in [3.8, 4) is 0 Å². The van der Waals surface area contributed by atoms with Gasteiger partial charge in [0.25, 0.3) is 0 Å². The molecule has 1 rings (SSSR count).